The lowest BCUT2D eigenvalue weighted by Gasteiger charge is -2.29. The fourth-order valence-electron chi connectivity index (χ4n) is 2.71. The lowest BCUT2D eigenvalue weighted by molar-refractivity contribution is -0.131. The summed E-state index contributed by atoms with van der Waals surface area (Å²) in [5.74, 6) is 0.476. The van der Waals surface area contributed by atoms with Crippen LogP contribution in [0.15, 0.2) is 24.3 Å². The summed E-state index contributed by atoms with van der Waals surface area (Å²) in [5, 5.41) is 9.28. The summed E-state index contributed by atoms with van der Waals surface area (Å²) >= 11 is 0. The Labute approximate surface area is 108 Å². The fraction of sp³-hybridized carbons (Fsp3) is 0.533. The molecule has 1 saturated heterocycles. The largest absolute Gasteiger partial charge is 0.508 e. The van der Waals surface area contributed by atoms with Crippen LogP contribution in [0.5, 0.6) is 5.75 Å². The van der Waals surface area contributed by atoms with Gasteiger partial charge >= 0.3 is 0 Å². The standard InChI is InChI=1S/C15H21NO2/c1-12(17)16-10-4-2-3-5-14(16)11-13-6-8-15(18)9-7-13/h6-9,14,18H,2-5,10-11H2,1H3. The number of nitrogens with zero attached hydrogens (tertiary/aromatic N) is 1. The van der Waals surface area contributed by atoms with Gasteiger partial charge in [0.1, 0.15) is 5.75 Å². The van der Waals surface area contributed by atoms with Crippen molar-refractivity contribution in [2.75, 3.05) is 6.54 Å². The van der Waals surface area contributed by atoms with E-state index in [9.17, 15) is 9.90 Å². The molecule has 98 valence electrons. The van der Waals surface area contributed by atoms with Gasteiger partial charge in [-0.25, -0.2) is 0 Å². The van der Waals surface area contributed by atoms with Crippen LogP contribution in [0.25, 0.3) is 0 Å². The summed E-state index contributed by atoms with van der Waals surface area (Å²) < 4.78 is 0. The van der Waals surface area contributed by atoms with Gasteiger partial charge < -0.3 is 10.0 Å². The molecular formula is C15H21NO2. The van der Waals surface area contributed by atoms with Crippen molar-refractivity contribution in [1.82, 2.24) is 4.90 Å². The third kappa shape index (κ3) is 3.25. The van der Waals surface area contributed by atoms with Crippen molar-refractivity contribution in [2.24, 2.45) is 0 Å². The highest BCUT2D eigenvalue weighted by molar-refractivity contribution is 5.73. The Hall–Kier alpha value is -1.51. The summed E-state index contributed by atoms with van der Waals surface area (Å²) in [6.07, 6.45) is 5.51. The van der Waals surface area contributed by atoms with Crippen LogP contribution in [0.4, 0.5) is 0 Å². The van der Waals surface area contributed by atoms with E-state index in [1.165, 1.54) is 18.4 Å². The Bertz CT molecular complexity index is 399. The summed E-state index contributed by atoms with van der Waals surface area (Å²) in [6.45, 7) is 2.55. The van der Waals surface area contributed by atoms with Crippen LogP contribution in [0.2, 0.25) is 0 Å². The molecular weight excluding hydrogens is 226 g/mol. The van der Waals surface area contributed by atoms with E-state index >= 15 is 0 Å². The zero-order valence-corrected chi connectivity index (χ0v) is 10.9. The molecule has 18 heavy (non-hydrogen) atoms. The van der Waals surface area contributed by atoms with Crippen molar-refractivity contribution >= 4 is 5.91 Å². The van der Waals surface area contributed by atoms with E-state index in [1.807, 2.05) is 17.0 Å². The summed E-state index contributed by atoms with van der Waals surface area (Å²) in [7, 11) is 0. The summed E-state index contributed by atoms with van der Waals surface area (Å²) in [5.41, 5.74) is 1.19. The van der Waals surface area contributed by atoms with Gasteiger partial charge in [-0.2, -0.15) is 0 Å². The zero-order chi connectivity index (χ0) is 13.0. The topological polar surface area (TPSA) is 40.5 Å². The average Bonchev–Trinajstić information content (AvgIpc) is 2.57. The maximum atomic E-state index is 11.7. The number of benzene rings is 1. The number of aromatic hydroxyl groups is 1. The van der Waals surface area contributed by atoms with Crippen molar-refractivity contribution in [3.63, 3.8) is 0 Å². The Balaban J connectivity index is 2.08. The predicted molar refractivity (Wildman–Crippen MR) is 71.5 cm³/mol. The van der Waals surface area contributed by atoms with Gasteiger partial charge in [0.25, 0.3) is 0 Å². The molecule has 1 aliphatic heterocycles. The average molecular weight is 247 g/mol. The summed E-state index contributed by atoms with van der Waals surface area (Å²) in [6, 6.07) is 7.63. The number of phenolic OH excluding ortho intramolecular Hbond substituents is 1. The molecule has 3 heteroatoms. The minimum atomic E-state index is 0.181. The number of carbonyl (C=O) groups excluding carboxylic acids is 1. The first kappa shape index (κ1) is 12.9. The van der Waals surface area contributed by atoms with Crippen molar-refractivity contribution in [1.29, 1.82) is 0 Å². The molecule has 1 aromatic rings. The highest BCUT2D eigenvalue weighted by atomic mass is 16.3. The number of rotatable bonds is 2. The van der Waals surface area contributed by atoms with Crippen LogP contribution in [-0.4, -0.2) is 28.5 Å². The molecule has 1 amide bonds. The lowest BCUT2D eigenvalue weighted by Crippen LogP contribution is -2.39. The van der Waals surface area contributed by atoms with E-state index in [1.54, 1.807) is 19.1 Å². The molecule has 0 spiro atoms. The Morgan fingerprint density at radius 2 is 2.00 bits per heavy atom. The summed E-state index contributed by atoms with van der Waals surface area (Å²) in [4.78, 5) is 13.7. The second-order valence-electron chi connectivity index (χ2n) is 5.09. The number of hydrogen-bond acceptors (Lipinski definition) is 2. The van der Waals surface area contributed by atoms with Crippen molar-refractivity contribution in [3.8, 4) is 5.75 Å². The second-order valence-corrected chi connectivity index (χ2v) is 5.09. The number of hydrogen-bond donors (Lipinski definition) is 1. The SMILES string of the molecule is CC(=O)N1CCCCCC1Cc1ccc(O)cc1. The molecule has 0 bridgehead atoms. The fourth-order valence-corrected chi connectivity index (χ4v) is 2.71. The van der Waals surface area contributed by atoms with Gasteiger partial charge in [-0.1, -0.05) is 25.0 Å². The van der Waals surface area contributed by atoms with Gasteiger partial charge in [0, 0.05) is 19.5 Å². The lowest BCUT2D eigenvalue weighted by atomic mass is 10.0. The highest BCUT2D eigenvalue weighted by Crippen LogP contribution is 2.21. The molecule has 0 saturated carbocycles. The van der Waals surface area contributed by atoms with E-state index in [0.29, 0.717) is 11.8 Å². The van der Waals surface area contributed by atoms with Gasteiger partial charge in [-0.05, 0) is 37.0 Å². The van der Waals surface area contributed by atoms with E-state index in [2.05, 4.69) is 0 Å². The van der Waals surface area contributed by atoms with E-state index in [0.717, 1.165) is 25.8 Å². The first-order chi connectivity index (χ1) is 8.66. The van der Waals surface area contributed by atoms with E-state index in [4.69, 9.17) is 0 Å². The monoisotopic (exact) mass is 247 g/mol. The molecule has 3 nitrogen and oxygen atoms in total. The third-order valence-electron chi connectivity index (χ3n) is 3.69. The number of phenols is 1. The molecule has 1 aliphatic rings. The molecule has 1 N–H and O–H groups in total. The van der Waals surface area contributed by atoms with Gasteiger partial charge in [0.05, 0.1) is 0 Å². The van der Waals surface area contributed by atoms with Gasteiger partial charge in [-0.3, -0.25) is 4.79 Å². The Kier molecular flexibility index (Phi) is 4.24. The van der Waals surface area contributed by atoms with Crippen LogP contribution in [0.3, 0.4) is 0 Å². The maximum Gasteiger partial charge on any atom is 0.219 e. The number of likely N-dealkylation sites (tertiary alicyclic amines) is 1. The highest BCUT2D eigenvalue weighted by Gasteiger charge is 2.22. The van der Waals surface area contributed by atoms with Crippen molar-refractivity contribution in [2.45, 2.75) is 45.1 Å². The molecule has 0 aliphatic carbocycles. The van der Waals surface area contributed by atoms with Crippen LogP contribution in [0, 0.1) is 0 Å². The molecule has 2 rings (SSSR count). The van der Waals surface area contributed by atoms with Gasteiger partial charge in [0.15, 0.2) is 0 Å². The molecule has 1 unspecified atom stereocenters. The second kappa shape index (κ2) is 5.89. The Morgan fingerprint density at radius 1 is 1.28 bits per heavy atom. The van der Waals surface area contributed by atoms with Crippen LogP contribution >= 0.6 is 0 Å². The predicted octanol–water partition coefficient (Wildman–Crippen LogP) is 2.73. The first-order valence-electron chi connectivity index (χ1n) is 6.72. The van der Waals surface area contributed by atoms with Crippen LogP contribution in [-0.2, 0) is 11.2 Å². The maximum absolute atomic E-state index is 11.7. The van der Waals surface area contributed by atoms with Crippen molar-refractivity contribution in [3.05, 3.63) is 29.8 Å². The smallest absolute Gasteiger partial charge is 0.219 e. The van der Waals surface area contributed by atoms with E-state index in [-0.39, 0.29) is 5.91 Å². The first-order valence-corrected chi connectivity index (χ1v) is 6.72. The van der Waals surface area contributed by atoms with Crippen LogP contribution < -0.4 is 0 Å². The molecule has 0 aromatic heterocycles. The van der Waals surface area contributed by atoms with Gasteiger partial charge in [0.2, 0.25) is 5.91 Å². The van der Waals surface area contributed by atoms with E-state index < -0.39 is 0 Å². The Morgan fingerprint density at radius 3 is 2.67 bits per heavy atom. The zero-order valence-electron chi connectivity index (χ0n) is 10.9. The molecule has 0 radical (unpaired) electrons. The third-order valence-corrected chi connectivity index (χ3v) is 3.69. The number of amides is 1. The normalized spacial score (nSPS) is 20.5. The minimum absolute atomic E-state index is 0.181. The molecule has 1 heterocycles. The molecule has 1 fully saturated rings. The van der Waals surface area contributed by atoms with Crippen LogP contribution in [0.1, 0.15) is 38.2 Å². The van der Waals surface area contributed by atoms with Gasteiger partial charge in [-0.15, -0.1) is 0 Å². The molecule has 1 aromatic carbocycles. The quantitative estimate of drug-likeness (QED) is 0.873. The minimum Gasteiger partial charge on any atom is -0.508 e. The molecule has 1 atom stereocenters. The number of carbonyl (C=O) groups is 1. The van der Waals surface area contributed by atoms with Crippen molar-refractivity contribution < 1.29 is 9.90 Å².